The lowest BCUT2D eigenvalue weighted by Gasteiger charge is -2.15. The molecule has 0 fully saturated rings. The summed E-state index contributed by atoms with van der Waals surface area (Å²) in [6.45, 7) is 3.78. The summed E-state index contributed by atoms with van der Waals surface area (Å²) in [7, 11) is 1.42. The topological polar surface area (TPSA) is 78.7 Å². The first kappa shape index (κ1) is 14.0. The van der Waals surface area contributed by atoms with Crippen molar-refractivity contribution in [1.29, 1.82) is 0 Å². The van der Waals surface area contributed by atoms with E-state index in [-0.39, 0.29) is 23.1 Å². The molecule has 98 valence electrons. The van der Waals surface area contributed by atoms with Gasteiger partial charge in [0.25, 0.3) is 5.69 Å². The first-order valence-electron chi connectivity index (χ1n) is 5.51. The second-order valence-corrected chi connectivity index (χ2v) is 3.77. The van der Waals surface area contributed by atoms with Gasteiger partial charge in [-0.1, -0.05) is 6.92 Å². The molecule has 0 amide bonds. The lowest BCUT2D eigenvalue weighted by Crippen LogP contribution is -2.11. The van der Waals surface area contributed by atoms with Crippen LogP contribution in [0.1, 0.15) is 30.6 Å². The Labute approximate surface area is 105 Å². The van der Waals surface area contributed by atoms with Crippen LogP contribution < -0.4 is 9.47 Å². The number of hydrogen-bond acceptors (Lipinski definition) is 5. The van der Waals surface area contributed by atoms with Gasteiger partial charge >= 0.3 is 0 Å². The summed E-state index contributed by atoms with van der Waals surface area (Å²) in [5.41, 5.74) is -0.322. The molecule has 0 saturated heterocycles. The highest BCUT2D eigenvalue weighted by Crippen LogP contribution is 2.34. The van der Waals surface area contributed by atoms with Gasteiger partial charge in [-0.2, -0.15) is 0 Å². The molecule has 0 aromatic heterocycles. The standard InChI is InChI=1S/C12H15NO5/c1-4-8(2)18-12-6-10(13(15)16)9(7-14)5-11(12)17-3/h5-8H,4H2,1-3H3. The van der Waals surface area contributed by atoms with Crippen LogP contribution in [-0.4, -0.2) is 24.4 Å². The third-order valence-electron chi connectivity index (χ3n) is 2.54. The number of nitro groups is 1. The maximum atomic E-state index is 10.8. The van der Waals surface area contributed by atoms with Gasteiger partial charge in [-0.3, -0.25) is 14.9 Å². The Bertz CT molecular complexity index is 458. The van der Waals surface area contributed by atoms with E-state index in [1.54, 1.807) is 0 Å². The Balaban J connectivity index is 3.27. The van der Waals surface area contributed by atoms with Crippen LogP contribution in [0.25, 0.3) is 0 Å². The number of benzene rings is 1. The van der Waals surface area contributed by atoms with E-state index in [1.165, 1.54) is 19.2 Å². The Morgan fingerprint density at radius 3 is 2.56 bits per heavy atom. The van der Waals surface area contributed by atoms with E-state index in [0.717, 1.165) is 6.42 Å². The number of nitrogens with zero attached hydrogens (tertiary/aromatic N) is 1. The molecular formula is C12H15NO5. The number of rotatable bonds is 6. The molecule has 6 heteroatoms. The molecule has 0 aliphatic rings. The van der Waals surface area contributed by atoms with Crippen LogP contribution in [0.4, 0.5) is 5.69 Å². The van der Waals surface area contributed by atoms with Crippen molar-refractivity contribution in [3.05, 3.63) is 27.8 Å². The van der Waals surface area contributed by atoms with E-state index in [4.69, 9.17) is 9.47 Å². The number of carbonyl (C=O) groups excluding carboxylic acids is 1. The smallest absolute Gasteiger partial charge is 0.283 e. The highest BCUT2D eigenvalue weighted by atomic mass is 16.6. The van der Waals surface area contributed by atoms with E-state index in [2.05, 4.69) is 0 Å². The first-order chi connectivity index (χ1) is 8.53. The predicted octanol–water partition coefficient (Wildman–Crippen LogP) is 2.59. The lowest BCUT2D eigenvalue weighted by molar-refractivity contribution is -0.385. The number of aldehydes is 1. The molecule has 0 saturated carbocycles. The van der Waals surface area contributed by atoms with Gasteiger partial charge in [-0.25, -0.2) is 0 Å². The van der Waals surface area contributed by atoms with E-state index in [0.29, 0.717) is 12.0 Å². The van der Waals surface area contributed by atoms with Gasteiger partial charge < -0.3 is 9.47 Å². The van der Waals surface area contributed by atoms with E-state index in [1.807, 2.05) is 13.8 Å². The van der Waals surface area contributed by atoms with Crippen LogP contribution in [0.15, 0.2) is 12.1 Å². The average molecular weight is 253 g/mol. The molecule has 0 bridgehead atoms. The minimum atomic E-state index is -0.618. The average Bonchev–Trinajstić information content (AvgIpc) is 2.37. The van der Waals surface area contributed by atoms with Crippen molar-refractivity contribution < 1.29 is 19.2 Å². The highest BCUT2D eigenvalue weighted by Gasteiger charge is 2.20. The molecule has 18 heavy (non-hydrogen) atoms. The predicted molar refractivity (Wildman–Crippen MR) is 65.4 cm³/mol. The van der Waals surface area contributed by atoms with Gasteiger partial charge in [0, 0.05) is 6.07 Å². The Morgan fingerprint density at radius 1 is 1.44 bits per heavy atom. The van der Waals surface area contributed by atoms with Gasteiger partial charge in [0.05, 0.1) is 29.8 Å². The van der Waals surface area contributed by atoms with Gasteiger partial charge in [-0.15, -0.1) is 0 Å². The minimum absolute atomic E-state index is 0.0339. The third-order valence-corrected chi connectivity index (χ3v) is 2.54. The second-order valence-electron chi connectivity index (χ2n) is 3.77. The van der Waals surface area contributed by atoms with Crippen molar-refractivity contribution in [1.82, 2.24) is 0 Å². The van der Waals surface area contributed by atoms with E-state index in [9.17, 15) is 14.9 Å². The van der Waals surface area contributed by atoms with E-state index >= 15 is 0 Å². The molecule has 6 nitrogen and oxygen atoms in total. The number of ether oxygens (including phenoxy) is 2. The first-order valence-corrected chi connectivity index (χ1v) is 5.51. The Hall–Kier alpha value is -2.11. The molecular weight excluding hydrogens is 238 g/mol. The molecule has 1 aromatic carbocycles. The Kier molecular flexibility index (Phi) is 4.65. The van der Waals surface area contributed by atoms with Crippen molar-refractivity contribution in [2.24, 2.45) is 0 Å². The molecule has 1 unspecified atom stereocenters. The molecule has 1 aromatic rings. The fourth-order valence-electron chi connectivity index (χ4n) is 1.37. The SMILES string of the molecule is CCC(C)Oc1cc([N+](=O)[O-])c(C=O)cc1OC. The van der Waals surface area contributed by atoms with Crippen molar-refractivity contribution in [3.8, 4) is 11.5 Å². The van der Waals surface area contributed by atoms with Gasteiger partial charge in [0.1, 0.15) is 0 Å². The zero-order chi connectivity index (χ0) is 13.7. The summed E-state index contributed by atoms with van der Waals surface area (Å²) >= 11 is 0. The monoisotopic (exact) mass is 253 g/mol. The molecule has 0 spiro atoms. The van der Waals surface area contributed by atoms with Gasteiger partial charge in [0.2, 0.25) is 0 Å². The van der Waals surface area contributed by atoms with Gasteiger partial charge in [0.15, 0.2) is 17.8 Å². The molecule has 0 radical (unpaired) electrons. The summed E-state index contributed by atoms with van der Waals surface area (Å²) in [4.78, 5) is 21.0. The van der Waals surface area contributed by atoms with Crippen LogP contribution >= 0.6 is 0 Å². The molecule has 0 aliphatic heterocycles. The fourth-order valence-corrected chi connectivity index (χ4v) is 1.37. The molecule has 0 aliphatic carbocycles. The largest absolute Gasteiger partial charge is 0.493 e. The lowest BCUT2D eigenvalue weighted by atomic mass is 10.1. The summed E-state index contributed by atoms with van der Waals surface area (Å²) in [5.74, 6) is 0.576. The number of nitro benzene ring substituents is 1. The summed E-state index contributed by atoms with van der Waals surface area (Å²) < 4.78 is 10.6. The molecule has 1 atom stereocenters. The summed E-state index contributed by atoms with van der Waals surface area (Å²) in [5, 5.41) is 10.8. The van der Waals surface area contributed by atoms with Crippen molar-refractivity contribution in [2.75, 3.05) is 7.11 Å². The molecule has 0 N–H and O–H groups in total. The zero-order valence-electron chi connectivity index (χ0n) is 10.5. The summed E-state index contributed by atoms with van der Waals surface area (Å²) in [6, 6.07) is 2.53. The van der Waals surface area contributed by atoms with Crippen LogP contribution in [0.2, 0.25) is 0 Å². The quantitative estimate of drug-likeness (QED) is 0.442. The van der Waals surface area contributed by atoms with Crippen molar-refractivity contribution in [2.45, 2.75) is 26.4 Å². The second kappa shape index (κ2) is 6.00. The van der Waals surface area contributed by atoms with Crippen LogP contribution in [0, 0.1) is 10.1 Å². The normalized spacial score (nSPS) is 11.7. The fraction of sp³-hybridized carbons (Fsp3) is 0.417. The number of hydrogen-bond donors (Lipinski definition) is 0. The van der Waals surface area contributed by atoms with Crippen LogP contribution in [-0.2, 0) is 0 Å². The maximum Gasteiger partial charge on any atom is 0.283 e. The molecule has 0 heterocycles. The van der Waals surface area contributed by atoms with E-state index < -0.39 is 4.92 Å². The van der Waals surface area contributed by atoms with Crippen LogP contribution in [0.3, 0.4) is 0 Å². The zero-order valence-corrected chi connectivity index (χ0v) is 10.5. The summed E-state index contributed by atoms with van der Waals surface area (Å²) in [6.07, 6.45) is 1.08. The van der Waals surface area contributed by atoms with Crippen molar-refractivity contribution in [3.63, 3.8) is 0 Å². The van der Waals surface area contributed by atoms with Crippen molar-refractivity contribution >= 4 is 12.0 Å². The third kappa shape index (κ3) is 2.97. The van der Waals surface area contributed by atoms with Crippen LogP contribution in [0.5, 0.6) is 11.5 Å². The highest BCUT2D eigenvalue weighted by molar-refractivity contribution is 5.83. The Morgan fingerprint density at radius 2 is 2.11 bits per heavy atom. The number of carbonyl (C=O) groups is 1. The van der Waals surface area contributed by atoms with Gasteiger partial charge in [-0.05, 0) is 13.3 Å². The minimum Gasteiger partial charge on any atom is -0.493 e. The number of methoxy groups -OCH3 is 1. The maximum absolute atomic E-state index is 10.8. The molecule has 1 rings (SSSR count).